The van der Waals surface area contributed by atoms with E-state index in [0.29, 0.717) is 12.2 Å². The van der Waals surface area contributed by atoms with Crippen LogP contribution < -0.4 is 10.9 Å². The Morgan fingerprint density at radius 1 is 1.07 bits per heavy atom. The molecule has 0 bridgehead atoms. The third kappa shape index (κ3) is 4.69. The first kappa shape index (κ1) is 19.7. The Bertz CT molecular complexity index is 1240. The van der Waals surface area contributed by atoms with E-state index in [9.17, 15) is 9.59 Å². The highest BCUT2D eigenvalue weighted by molar-refractivity contribution is 9.10. The second kappa shape index (κ2) is 8.83. The Labute approximate surface area is 179 Å². The first-order chi connectivity index (χ1) is 14.6. The van der Waals surface area contributed by atoms with E-state index >= 15 is 0 Å². The number of amides is 1. The minimum atomic E-state index is -0.493. The zero-order valence-electron chi connectivity index (χ0n) is 15.7. The highest BCUT2D eigenvalue weighted by Gasteiger charge is 2.16. The molecule has 0 spiro atoms. The summed E-state index contributed by atoms with van der Waals surface area (Å²) in [5.74, 6) is -0.484. The lowest BCUT2D eigenvalue weighted by molar-refractivity contribution is 0.0907. The third-order valence-corrected chi connectivity index (χ3v) is 4.73. The van der Waals surface area contributed by atoms with Gasteiger partial charge in [0, 0.05) is 22.6 Å². The monoisotopic (exact) mass is 465 g/mol. The number of carbonyl (C=O) groups excluding carboxylic acids is 1. The SMILES string of the molecule is O=C(NCc1cccc(Br)c1)c1nc(Cn2nc(-c3ccccc3)ccc2=O)no1. The van der Waals surface area contributed by atoms with E-state index in [1.54, 1.807) is 6.07 Å². The van der Waals surface area contributed by atoms with Gasteiger partial charge in [0.2, 0.25) is 0 Å². The van der Waals surface area contributed by atoms with Gasteiger partial charge in [-0.05, 0) is 23.8 Å². The average Bonchev–Trinajstić information content (AvgIpc) is 3.23. The van der Waals surface area contributed by atoms with Crippen LogP contribution in [0.1, 0.15) is 22.1 Å². The molecule has 0 aliphatic carbocycles. The van der Waals surface area contributed by atoms with Gasteiger partial charge in [-0.2, -0.15) is 10.1 Å². The molecule has 4 aromatic rings. The van der Waals surface area contributed by atoms with Crippen LogP contribution in [0.2, 0.25) is 0 Å². The summed E-state index contributed by atoms with van der Waals surface area (Å²) in [7, 11) is 0. The number of hydrogen-bond acceptors (Lipinski definition) is 6. The maximum atomic E-state index is 12.3. The summed E-state index contributed by atoms with van der Waals surface area (Å²) in [6, 6.07) is 20.2. The van der Waals surface area contributed by atoms with Gasteiger partial charge in [0.15, 0.2) is 5.82 Å². The molecule has 0 aliphatic rings. The minimum absolute atomic E-state index is 0.0120. The standard InChI is InChI=1S/C21H16BrN5O3/c22-16-8-4-5-14(11-16)12-23-20(29)21-24-18(26-30-21)13-27-19(28)10-9-17(25-27)15-6-2-1-3-7-15/h1-11H,12-13H2,(H,23,29). The lowest BCUT2D eigenvalue weighted by Gasteiger charge is -2.05. The molecule has 2 aromatic heterocycles. The van der Waals surface area contributed by atoms with Crippen molar-refractivity contribution in [2.75, 3.05) is 0 Å². The second-order valence-corrected chi connectivity index (χ2v) is 7.32. The number of aromatic nitrogens is 4. The van der Waals surface area contributed by atoms with Gasteiger partial charge in [0.25, 0.3) is 5.56 Å². The summed E-state index contributed by atoms with van der Waals surface area (Å²) < 4.78 is 7.19. The zero-order valence-corrected chi connectivity index (χ0v) is 17.2. The van der Waals surface area contributed by atoms with E-state index in [2.05, 4.69) is 36.5 Å². The largest absolute Gasteiger partial charge is 0.344 e. The van der Waals surface area contributed by atoms with Crippen molar-refractivity contribution in [1.29, 1.82) is 0 Å². The predicted molar refractivity (Wildman–Crippen MR) is 113 cm³/mol. The Hall–Kier alpha value is -3.59. The van der Waals surface area contributed by atoms with Crippen molar-refractivity contribution in [1.82, 2.24) is 25.2 Å². The highest BCUT2D eigenvalue weighted by Crippen LogP contribution is 2.14. The first-order valence-corrected chi connectivity index (χ1v) is 9.86. The predicted octanol–water partition coefficient (Wildman–Crippen LogP) is 3.03. The minimum Gasteiger partial charge on any atom is -0.344 e. The lowest BCUT2D eigenvalue weighted by atomic mass is 10.1. The Morgan fingerprint density at radius 3 is 2.70 bits per heavy atom. The third-order valence-electron chi connectivity index (χ3n) is 4.23. The summed E-state index contributed by atoms with van der Waals surface area (Å²) in [4.78, 5) is 28.5. The van der Waals surface area contributed by atoms with Crippen molar-refractivity contribution in [2.45, 2.75) is 13.1 Å². The van der Waals surface area contributed by atoms with Crippen molar-refractivity contribution >= 4 is 21.8 Å². The smallest absolute Gasteiger partial charge is 0.316 e. The van der Waals surface area contributed by atoms with Gasteiger partial charge >= 0.3 is 11.8 Å². The summed E-state index contributed by atoms with van der Waals surface area (Å²) in [6.45, 7) is 0.304. The van der Waals surface area contributed by atoms with Crippen LogP contribution in [0.5, 0.6) is 0 Å². The fourth-order valence-corrected chi connectivity index (χ4v) is 3.22. The lowest BCUT2D eigenvalue weighted by Crippen LogP contribution is -2.24. The topological polar surface area (TPSA) is 103 Å². The molecular formula is C21H16BrN5O3. The number of halogens is 1. The van der Waals surface area contributed by atoms with E-state index in [4.69, 9.17) is 4.52 Å². The average molecular weight is 466 g/mol. The van der Waals surface area contributed by atoms with E-state index in [1.165, 1.54) is 10.7 Å². The van der Waals surface area contributed by atoms with Crippen molar-refractivity contribution in [2.24, 2.45) is 0 Å². The van der Waals surface area contributed by atoms with Gasteiger partial charge in [-0.15, -0.1) is 0 Å². The van der Waals surface area contributed by atoms with Crippen molar-refractivity contribution in [3.8, 4) is 11.3 Å². The Kier molecular flexibility index (Phi) is 5.80. The number of hydrogen-bond donors (Lipinski definition) is 1. The van der Waals surface area contributed by atoms with E-state index in [0.717, 1.165) is 15.6 Å². The molecule has 0 unspecified atom stereocenters. The van der Waals surface area contributed by atoms with Crippen LogP contribution in [-0.2, 0) is 13.1 Å². The quantitative estimate of drug-likeness (QED) is 0.469. The van der Waals surface area contributed by atoms with Gasteiger partial charge < -0.3 is 9.84 Å². The molecular weight excluding hydrogens is 450 g/mol. The van der Waals surface area contributed by atoms with Crippen molar-refractivity contribution in [3.63, 3.8) is 0 Å². The second-order valence-electron chi connectivity index (χ2n) is 6.41. The normalized spacial score (nSPS) is 10.7. The van der Waals surface area contributed by atoms with Crippen LogP contribution in [0.25, 0.3) is 11.3 Å². The van der Waals surface area contributed by atoms with Gasteiger partial charge in [-0.25, -0.2) is 4.68 Å². The van der Waals surface area contributed by atoms with E-state index < -0.39 is 5.91 Å². The maximum absolute atomic E-state index is 12.3. The number of rotatable bonds is 6. The zero-order chi connectivity index (χ0) is 20.9. The molecule has 1 N–H and O–H groups in total. The molecule has 8 nitrogen and oxygen atoms in total. The summed E-state index contributed by atoms with van der Waals surface area (Å²) in [5, 5.41) is 10.9. The van der Waals surface area contributed by atoms with Crippen LogP contribution in [0.4, 0.5) is 0 Å². The first-order valence-electron chi connectivity index (χ1n) is 9.07. The molecule has 0 fully saturated rings. The van der Waals surface area contributed by atoms with E-state index in [-0.39, 0.29) is 23.8 Å². The number of nitrogens with zero attached hydrogens (tertiary/aromatic N) is 4. The molecule has 4 rings (SSSR count). The van der Waals surface area contributed by atoms with Gasteiger partial charge in [-0.1, -0.05) is 63.6 Å². The van der Waals surface area contributed by atoms with Crippen molar-refractivity contribution < 1.29 is 9.32 Å². The number of carbonyl (C=O) groups is 1. The molecule has 150 valence electrons. The molecule has 9 heteroatoms. The van der Waals surface area contributed by atoms with Crippen molar-refractivity contribution in [3.05, 3.63) is 98.8 Å². The summed E-state index contributed by atoms with van der Waals surface area (Å²) >= 11 is 3.39. The fourth-order valence-electron chi connectivity index (χ4n) is 2.77. The maximum Gasteiger partial charge on any atom is 0.316 e. The molecule has 30 heavy (non-hydrogen) atoms. The molecule has 0 saturated heterocycles. The van der Waals surface area contributed by atoms with Crippen LogP contribution in [-0.4, -0.2) is 25.8 Å². The van der Waals surface area contributed by atoms with Gasteiger partial charge in [0.05, 0.1) is 5.69 Å². The molecule has 2 aromatic carbocycles. The molecule has 0 radical (unpaired) electrons. The van der Waals surface area contributed by atoms with Crippen LogP contribution in [0.3, 0.4) is 0 Å². The van der Waals surface area contributed by atoms with E-state index in [1.807, 2.05) is 54.6 Å². The molecule has 1 amide bonds. The molecule has 0 aliphatic heterocycles. The van der Waals surface area contributed by atoms with Crippen LogP contribution >= 0.6 is 15.9 Å². The highest BCUT2D eigenvalue weighted by atomic mass is 79.9. The van der Waals surface area contributed by atoms with Crippen LogP contribution in [0.15, 0.2) is 80.5 Å². The summed E-state index contributed by atoms with van der Waals surface area (Å²) in [6.07, 6.45) is 0. The molecule has 0 atom stereocenters. The Balaban J connectivity index is 1.45. The van der Waals surface area contributed by atoms with Gasteiger partial charge in [-0.3, -0.25) is 9.59 Å². The molecule has 2 heterocycles. The number of nitrogens with one attached hydrogen (secondary N) is 1. The fraction of sp³-hybridized carbons (Fsp3) is 0.0952. The summed E-state index contributed by atoms with van der Waals surface area (Å²) in [5.41, 5.74) is 2.14. The van der Waals surface area contributed by atoms with Gasteiger partial charge in [0.1, 0.15) is 6.54 Å². The van der Waals surface area contributed by atoms with Crippen LogP contribution in [0, 0.1) is 0 Å². The number of benzene rings is 2. The molecule has 0 saturated carbocycles. The Morgan fingerprint density at radius 2 is 1.90 bits per heavy atom.